The lowest BCUT2D eigenvalue weighted by Crippen LogP contribution is -1.88. The van der Waals surface area contributed by atoms with Crippen molar-refractivity contribution in [3.8, 4) is 0 Å². The molecule has 0 aliphatic carbocycles. The molecule has 2 aromatic rings. The van der Waals surface area contributed by atoms with Crippen molar-refractivity contribution in [3.63, 3.8) is 0 Å². The lowest BCUT2D eigenvalue weighted by molar-refractivity contribution is 0.315. The van der Waals surface area contributed by atoms with Crippen LogP contribution in [0, 0.1) is 6.92 Å². The topological polar surface area (TPSA) is 64.9 Å². The van der Waals surface area contributed by atoms with Gasteiger partial charge in [0.05, 0.1) is 0 Å². The second-order valence-electron chi connectivity index (χ2n) is 2.46. The van der Waals surface area contributed by atoms with Crippen LogP contribution in [0.5, 0.6) is 0 Å². The second kappa shape index (κ2) is 1.95. The summed E-state index contributed by atoms with van der Waals surface area (Å²) in [5.74, 6) is 0. The summed E-state index contributed by atoms with van der Waals surface area (Å²) in [6, 6.07) is 3.60. The van der Waals surface area contributed by atoms with E-state index in [4.69, 9.17) is 5.73 Å². The van der Waals surface area contributed by atoms with Crippen molar-refractivity contribution in [2.75, 3.05) is 5.73 Å². The highest BCUT2D eigenvalue weighted by molar-refractivity contribution is 5.78. The predicted octanol–water partition coefficient (Wildman–Crippen LogP) is 1.11. The number of fused-ring (bicyclic) bond motifs is 1. The summed E-state index contributed by atoms with van der Waals surface area (Å²) in [7, 11) is 0. The normalized spacial score (nSPS) is 10.6. The second-order valence-corrected chi connectivity index (χ2v) is 2.46. The highest BCUT2D eigenvalue weighted by Gasteiger charge is 2.01. The Balaban J connectivity index is 2.86. The van der Waals surface area contributed by atoms with Crippen LogP contribution in [0.2, 0.25) is 0 Å². The Bertz CT molecular complexity index is 357. The summed E-state index contributed by atoms with van der Waals surface area (Å²) in [6.45, 7) is 1.92. The van der Waals surface area contributed by atoms with Gasteiger partial charge in [-0.3, -0.25) is 0 Å². The summed E-state index contributed by atoms with van der Waals surface area (Å²) in [5.41, 5.74) is 8.79. The van der Waals surface area contributed by atoms with Crippen molar-refractivity contribution in [2.24, 2.45) is 0 Å². The maximum Gasteiger partial charge on any atom is 0.137 e. The standard InChI is InChI=1S/C7H7N3O/c1-4-2-6-7(3-5(4)8)10-11-9-6/h2-3H,8H2,1H3. The quantitative estimate of drug-likeness (QED) is 0.570. The molecule has 0 aliphatic heterocycles. The Morgan fingerprint density at radius 3 is 2.64 bits per heavy atom. The van der Waals surface area contributed by atoms with Crippen LogP contribution in [0.4, 0.5) is 5.69 Å². The van der Waals surface area contributed by atoms with Gasteiger partial charge in [-0.1, -0.05) is 0 Å². The number of benzene rings is 1. The van der Waals surface area contributed by atoms with Gasteiger partial charge in [-0.05, 0) is 34.9 Å². The van der Waals surface area contributed by atoms with E-state index in [1.165, 1.54) is 0 Å². The zero-order chi connectivity index (χ0) is 7.84. The fourth-order valence-corrected chi connectivity index (χ4v) is 0.952. The highest BCUT2D eigenvalue weighted by Crippen LogP contribution is 2.17. The summed E-state index contributed by atoms with van der Waals surface area (Å²) in [5, 5.41) is 7.33. The van der Waals surface area contributed by atoms with E-state index in [2.05, 4.69) is 14.9 Å². The molecule has 4 heteroatoms. The molecular formula is C7H7N3O. The minimum atomic E-state index is 0.702. The van der Waals surface area contributed by atoms with Crippen LogP contribution in [0.3, 0.4) is 0 Å². The number of nitrogen functional groups attached to an aromatic ring is 1. The van der Waals surface area contributed by atoms with Crippen molar-refractivity contribution in [3.05, 3.63) is 17.7 Å². The monoisotopic (exact) mass is 149 g/mol. The van der Waals surface area contributed by atoms with Gasteiger partial charge in [0.25, 0.3) is 0 Å². The zero-order valence-corrected chi connectivity index (χ0v) is 6.03. The smallest absolute Gasteiger partial charge is 0.137 e. The molecule has 0 bridgehead atoms. The molecule has 0 amide bonds. The fourth-order valence-electron chi connectivity index (χ4n) is 0.952. The van der Waals surface area contributed by atoms with Crippen molar-refractivity contribution < 1.29 is 4.63 Å². The fraction of sp³-hybridized carbons (Fsp3) is 0.143. The highest BCUT2D eigenvalue weighted by atomic mass is 16.6. The molecule has 0 unspecified atom stereocenters. The number of hydrogen-bond acceptors (Lipinski definition) is 4. The number of nitrogens with two attached hydrogens (primary N) is 1. The van der Waals surface area contributed by atoms with Gasteiger partial charge in [-0.2, -0.15) is 0 Å². The van der Waals surface area contributed by atoms with Crippen LogP contribution in [-0.4, -0.2) is 10.3 Å². The molecule has 1 aromatic carbocycles. The SMILES string of the molecule is Cc1cc2nonc2cc1N. The molecule has 2 rings (SSSR count). The van der Waals surface area contributed by atoms with E-state index < -0.39 is 0 Å². The summed E-state index contributed by atoms with van der Waals surface area (Å²) in [4.78, 5) is 0. The lowest BCUT2D eigenvalue weighted by atomic mass is 10.2. The molecule has 56 valence electrons. The molecule has 1 heterocycles. The van der Waals surface area contributed by atoms with E-state index in [9.17, 15) is 0 Å². The van der Waals surface area contributed by atoms with Gasteiger partial charge in [0.1, 0.15) is 11.0 Å². The molecule has 0 spiro atoms. The van der Waals surface area contributed by atoms with Crippen molar-refractivity contribution in [1.29, 1.82) is 0 Å². The van der Waals surface area contributed by atoms with E-state index in [1.807, 2.05) is 13.0 Å². The summed E-state index contributed by atoms with van der Waals surface area (Å²) >= 11 is 0. The van der Waals surface area contributed by atoms with Crippen LogP contribution < -0.4 is 5.73 Å². The molecule has 0 atom stereocenters. The van der Waals surface area contributed by atoms with Gasteiger partial charge in [-0.25, -0.2) is 4.63 Å². The van der Waals surface area contributed by atoms with Gasteiger partial charge < -0.3 is 5.73 Å². The Kier molecular flexibility index (Phi) is 1.09. The van der Waals surface area contributed by atoms with Crippen molar-refractivity contribution >= 4 is 16.7 Å². The first-order valence-corrected chi connectivity index (χ1v) is 3.26. The molecule has 0 saturated heterocycles. The number of aryl methyl sites for hydroxylation is 1. The first kappa shape index (κ1) is 6.15. The molecule has 0 saturated carbocycles. The third-order valence-electron chi connectivity index (χ3n) is 1.64. The molecule has 0 radical (unpaired) electrons. The first-order valence-electron chi connectivity index (χ1n) is 3.26. The Hall–Kier alpha value is -1.58. The van der Waals surface area contributed by atoms with Gasteiger partial charge in [-0.15, -0.1) is 0 Å². The van der Waals surface area contributed by atoms with Crippen LogP contribution in [0.25, 0.3) is 11.0 Å². The molecule has 11 heavy (non-hydrogen) atoms. The van der Waals surface area contributed by atoms with Gasteiger partial charge in [0.2, 0.25) is 0 Å². The molecule has 0 fully saturated rings. The molecule has 0 aliphatic rings. The average molecular weight is 149 g/mol. The number of aromatic nitrogens is 2. The van der Waals surface area contributed by atoms with Crippen LogP contribution in [0.1, 0.15) is 5.56 Å². The summed E-state index contributed by atoms with van der Waals surface area (Å²) in [6.07, 6.45) is 0. The Morgan fingerprint density at radius 2 is 1.91 bits per heavy atom. The van der Waals surface area contributed by atoms with Crippen molar-refractivity contribution in [2.45, 2.75) is 6.92 Å². The van der Waals surface area contributed by atoms with E-state index in [0.717, 1.165) is 11.1 Å². The maximum absolute atomic E-state index is 5.64. The lowest BCUT2D eigenvalue weighted by Gasteiger charge is -1.95. The van der Waals surface area contributed by atoms with Crippen LogP contribution in [-0.2, 0) is 0 Å². The molecule has 4 nitrogen and oxygen atoms in total. The Labute approximate surface area is 63.0 Å². The first-order chi connectivity index (χ1) is 5.27. The number of anilines is 1. The van der Waals surface area contributed by atoms with Gasteiger partial charge in [0, 0.05) is 5.69 Å². The van der Waals surface area contributed by atoms with Crippen LogP contribution in [0.15, 0.2) is 16.8 Å². The van der Waals surface area contributed by atoms with Gasteiger partial charge >= 0.3 is 0 Å². The number of rotatable bonds is 0. The van der Waals surface area contributed by atoms with Gasteiger partial charge in [0.15, 0.2) is 0 Å². The number of hydrogen-bond donors (Lipinski definition) is 1. The van der Waals surface area contributed by atoms with Crippen molar-refractivity contribution in [1.82, 2.24) is 10.3 Å². The average Bonchev–Trinajstić information content (AvgIpc) is 2.36. The minimum absolute atomic E-state index is 0.702. The summed E-state index contributed by atoms with van der Waals surface area (Å²) < 4.78 is 4.52. The largest absolute Gasteiger partial charge is 0.398 e. The third kappa shape index (κ3) is 0.832. The molecule has 2 N–H and O–H groups in total. The third-order valence-corrected chi connectivity index (χ3v) is 1.64. The number of nitrogens with zero attached hydrogens (tertiary/aromatic N) is 2. The molecule has 1 aromatic heterocycles. The van der Waals surface area contributed by atoms with E-state index in [0.29, 0.717) is 11.2 Å². The van der Waals surface area contributed by atoms with E-state index in [1.54, 1.807) is 6.07 Å². The van der Waals surface area contributed by atoms with E-state index >= 15 is 0 Å². The Morgan fingerprint density at radius 1 is 1.27 bits per heavy atom. The van der Waals surface area contributed by atoms with Crippen LogP contribution >= 0.6 is 0 Å². The predicted molar refractivity (Wildman–Crippen MR) is 41.0 cm³/mol. The zero-order valence-electron chi connectivity index (χ0n) is 6.03. The maximum atomic E-state index is 5.64. The minimum Gasteiger partial charge on any atom is -0.398 e. The molecular weight excluding hydrogens is 142 g/mol. The van der Waals surface area contributed by atoms with E-state index in [-0.39, 0.29) is 0 Å².